The van der Waals surface area contributed by atoms with Crippen molar-refractivity contribution in [2.75, 3.05) is 13.1 Å². The van der Waals surface area contributed by atoms with E-state index in [2.05, 4.69) is 6.07 Å². The van der Waals surface area contributed by atoms with Gasteiger partial charge in [-0.15, -0.1) is 0 Å². The Morgan fingerprint density at radius 1 is 1.42 bits per heavy atom. The van der Waals surface area contributed by atoms with Crippen LogP contribution in [0.25, 0.3) is 0 Å². The average molecular weight is 279 g/mol. The molecule has 1 heterocycles. The molecule has 0 aromatic heterocycles. The minimum absolute atomic E-state index is 0.290. The van der Waals surface area contributed by atoms with Gasteiger partial charge in [-0.2, -0.15) is 5.26 Å². The third-order valence-electron chi connectivity index (χ3n) is 3.57. The fourth-order valence-corrected chi connectivity index (χ4v) is 2.69. The molecule has 0 saturated carbocycles. The lowest BCUT2D eigenvalue weighted by atomic mass is 9.94. The number of carbonyl (C=O) groups is 1. The molecule has 1 unspecified atom stereocenters. The van der Waals surface area contributed by atoms with E-state index in [1.165, 1.54) is 0 Å². The van der Waals surface area contributed by atoms with Gasteiger partial charge in [0.1, 0.15) is 6.04 Å². The van der Waals surface area contributed by atoms with Crippen LogP contribution in [-0.2, 0) is 4.79 Å². The van der Waals surface area contributed by atoms with Gasteiger partial charge in [0.15, 0.2) is 0 Å². The van der Waals surface area contributed by atoms with Crippen molar-refractivity contribution in [3.63, 3.8) is 0 Å². The number of likely N-dealkylation sites (tertiary alicyclic amines) is 1. The van der Waals surface area contributed by atoms with Crippen LogP contribution in [0.15, 0.2) is 24.3 Å². The molecule has 5 heteroatoms. The van der Waals surface area contributed by atoms with Crippen molar-refractivity contribution in [2.45, 2.75) is 18.9 Å². The van der Waals surface area contributed by atoms with Crippen LogP contribution in [0.4, 0.5) is 0 Å². The van der Waals surface area contributed by atoms with E-state index in [1.807, 2.05) is 23.1 Å². The van der Waals surface area contributed by atoms with E-state index in [0.717, 1.165) is 5.56 Å². The number of hydrogen-bond acceptors (Lipinski definition) is 3. The molecule has 1 saturated heterocycles. The van der Waals surface area contributed by atoms with Gasteiger partial charge in [-0.25, -0.2) is 0 Å². The summed E-state index contributed by atoms with van der Waals surface area (Å²) >= 11 is 6.12. The van der Waals surface area contributed by atoms with Crippen LogP contribution in [0.3, 0.4) is 0 Å². The maximum atomic E-state index is 10.9. The Morgan fingerprint density at radius 3 is 2.58 bits per heavy atom. The van der Waals surface area contributed by atoms with Gasteiger partial charge in [0.25, 0.3) is 0 Å². The van der Waals surface area contributed by atoms with Gasteiger partial charge in [0, 0.05) is 23.7 Å². The highest BCUT2D eigenvalue weighted by atomic mass is 35.5. The molecular formula is C14H15ClN2O2. The van der Waals surface area contributed by atoms with Crippen molar-refractivity contribution in [3.8, 4) is 6.07 Å². The first-order valence-corrected chi connectivity index (χ1v) is 6.62. The Bertz CT molecular complexity index is 504. The highest BCUT2D eigenvalue weighted by Gasteiger charge is 2.29. The molecule has 100 valence electrons. The summed E-state index contributed by atoms with van der Waals surface area (Å²) in [5, 5.41) is 18.9. The highest BCUT2D eigenvalue weighted by molar-refractivity contribution is 6.31. The molecule has 4 nitrogen and oxygen atoms in total. The second kappa shape index (κ2) is 6.05. The number of aliphatic carboxylic acids is 1. The number of halogens is 1. The zero-order valence-electron chi connectivity index (χ0n) is 10.4. The van der Waals surface area contributed by atoms with Gasteiger partial charge >= 0.3 is 5.97 Å². The first-order valence-electron chi connectivity index (χ1n) is 6.24. The summed E-state index contributed by atoms with van der Waals surface area (Å²) in [4.78, 5) is 12.9. The van der Waals surface area contributed by atoms with E-state index >= 15 is 0 Å². The van der Waals surface area contributed by atoms with E-state index in [-0.39, 0.29) is 5.92 Å². The number of nitriles is 1. The van der Waals surface area contributed by atoms with Crippen molar-refractivity contribution < 1.29 is 9.90 Å². The topological polar surface area (TPSA) is 64.3 Å². The lowest BCUT2D eigenvalue weighted by molar-refractivity contribution is -0.143. The number of carboxylic acids is 1. The maximum absolute atomic E-state index is 10.9. The third kappa shape index (κ3) is 3.06. The predicted octanol–water partition coefficient (Wildman–Crippen LogP) is 2.70. The van der Waals surface area contributed by atoms with E-state index in [1.54, 1.807) is 6.07 Å². The first-order chi connectivity index (χ1) is 9.13. The van der Waals surface area contributed by atoms with Crippen LogP contribution < -0.4 is 0 Å². The van der Waals surface area contributed by atoms with Crippen molar-refractivity contribution in [1.29, 1.82) is 5.26 Å². The molecule has 1 N–H and O–H groups in total. The van der Waals surface area contributed by atoms with Crippen molar-refractivity contribution >= 4 is 17.6 Å². The van der Waals surface area contributed by atoms with E-state index < -0.39 is 12.0 Å². The molecule has 1 aliphatic heterocycles. The highest BCUT2D eigenvalue weighted by Crippen LogP contribution is 2.30. The van der Waals surface area contributed by atoms with E-state index in [4.69, 9.17) is 16.7 Å². The van der Waals surface area contributed by atoms with Crippen LogP contribution in [-0.4, -0.2) is 29.1 Å². The molecule has 2 rings (SSSR count). The molecule has 1 aromatic carbocycles. The summed E-state index contributed by atoms with van der Waals surface area (Å²) in [5.74, 6) is -1.03. The molecule has 0 aliphatic carbocycles. The largest absolute Gasteiger partial charge is 0.481 e. The van der Waals surface area contributed by atoms with Crippen LogP contribution in [0.2, 0.25) is 5.02 Å². The van der Waals surface area contributed by atoms with Gasteiger partial charge < -0.3 is 5.11 Å². The molecule has 0 radical (unpaired) electrons. The summed E-state index contributed by atoms with van der Waals surface area (Å²) in [6, 6.07) is 9.17. The summed E-state index contributed by atoms with van der Waals surface area (Å²) in [7, 11) is 0. The van der Waals surface area contributed by atoms with Gasteiger partial charge in [0.2, 0.25) is 0 Å². The van der Waals surface area contributed by atoms with Gasteiger partial charge in [-0.3, -0.25) is 9.69 Å². The van der Waals surface area contributed by atoms with E-state index in [0.29, 0.717) is 31.0 Å². The van der Waals surface area contributed by atoms with Gasteiger partial charge in [0.05, 0.1) is 12.0 Å². The Hall–Kier alpha value is -1.57. The lowest BCUT2D eigenvalue weighted by Crippen LogP contribution is -2.38. The molecule has 0 amide bonds. The fraction of sp³-hybridized carbons (Fsp3) is 0.429. The third-order valence-corrected chi connectivity index (χ3v) is 3.91. The summed E-state index contributed by atoms with van der Waals surface area (Å²) in [5.41, 5.74) is 0.792. The second-order valence-electron chi connectivity index (χ2n) is 4.70. The van der Waals surface area contributed by atoms with Crippen LogP contribution in [0, 0.1) is 17.2 Å². The van der Waals surface area contributed by atoms with Crippen molar-refractivity contribution in [1.82, 2.24) is 4.90 Å². The number of carboxylic acid groups (broad SMARTS) is 1. The van der Waals surface area contributed by atoms with Crippen molar-refractivity contribution in [2.24, 2.45) is 5.92 Å². The Balaban J connectivity index is 2.11. The molecule has 1 atom stereocenters. The number of rotatable bonds is 3. The number of benzene rings is 1. The molecule has 0 spiro atoms. The maximum Gasteiger partial charge on any atom is 0.306 e. The molecule has 1 fully saturated rings. The normalized spacial score (nSPS) is 18.7. The van der Waals surface area contributed by atoms with E-state index in [9.17, 15) is 10.1 Å². The summed E-state index contributed by atoms with van der Waals surface area (Å²) in [6.45, 7) is 1.22. The zero-order valence-corrected chi connectivity index (χ0v) is 11.2. The van der Waals surface area contributed by atoms with Crippen molar-refractivity contribution in [3.05, 3.63) is 34.9 Å². The van der Waals surface area contributed by atoms with Gasteiger partial charge in [-0.1, -0.05) is 29.8 Å². The van der Waals surface area contributed by atoms with Crippen LogP contribution in [0.5, 0.6) is 0 Å². The monoisotopic (exact) mass is 278 g/mol. The second-order valence-corrected chi connectivity index (χ2v) is 5.11. The molecule has 1 aromatic rings. The quantitative estimate of drug-likeness (QED) is 0.923. The average Bonchev–Trinajstić information content (AvgIpc) is 2.42. The molecule has 1 aliphatic rings. The fourth-order valence-electron chi connectivity index (χ4n) is 2.45. The van der Waals surface area contributed by atoms with Gasteiger partial charge in [-0.05, 0) is 18.9 Å². The number of piperidine rings is 1. The number of nitrogens with zero attached hydrogens (tertiary/aromatic N) is 2. The molecule has 0 bridgehead atoms. The Kier molecular flexibility index (Phi) is 4.41. The Morgan fingerprint density at radius 2 is 2.05 bits per heavy atom. The molecular weight excluding hydrogens is 264 g/mol. The lowest BCUT2D eigenvalue weighted by Gasteiger charge is -2.33. The summed E-state index contributed by atoms with van der Waals surface area (Å²) < 4.78 is 0. The van der Waals surface area contributed by atoms with Crippen LogP contribution in [0.1, 0.15) is 24.4 Å². The molecule has 19 heavy (non-hydrogen) atoms. The Labute approximate surface area is 117 Å². The first kappa shape index (κ1) is 13.9. The SMILES string of the molecule is N#CC(c1ccccc1Cl)N1CCC(C(=O)O)CC1. The smallest absolute Gasteiger partial charge is 0.306 e. The number of hydrogen-bond donors (Lipinski definition) is 1. The summed E-state index contributed by atoms with van der Waals surface area (Å²) in [6.07, 6.45) is 1.16. The standard InChI is InChI=1S/C14H15ClN2O2/c15-12-4-2-1-3-11(12)13(9-16)17-7-5-10(6-8-17)14(18)19/h1-4,10,13H,5-8H2,(H,18,19). The minimum atomic E-state index is -0.745. The minimum Gasteiger partial charge on any atom is -0.481 e. The van der Waals surface area contributed by atoms with Crippen LogP contribution >= 0.6 is 11.6 Å². The zero-order chi connectivity index (χ0) is 13.8. The predicted molar refractivity (Wildman–Crippen MR) is 71.7 cm³/mol.